The first-order chi connectivity index (χ1) is 14.7. The second kappa shape index (κ2) is 9.53. The van der Waals surface area contributed by atoms with Crippen LogP contribution in [0.4, 0.5) is 4.39 Å². The van der Waals surface area contributed by atoms with E-state index in [-0.39, 0.29) is 18.2 Å². The Bertz CT molecular complexity index is 1150. The van der Waals surface area contributed by atoms with E-state index in [4.69, 9.17) is 10.2 Å². The van der Waals surface area contributed by atoms with Gasteiger partial charge in [-0.2, -0.15) is 5.10 Å². The van der Waals surface area contributed by atoms with Crippen molar-refractivity contribution in [3.63, 3.8) is 0 Å². The number of aromatic nitrogens is 2. The Hall–Kier alpha value is -2.84. The Morgan fingerprint density at radius 2 is 1.87 bits per heavy atom. The average molecular weight is 489 g/mol. The summed E-state index contributed by atoms with van der Waals surface area (Å²) in [6.07, 6.45) is 1.10. The SMILES string of the molecule is CC(C)c1c(/C=C/C(O)CC(=O)CC(=O)O)c(-c2ccc(F)cc2)nn2c(Br)ccc12. The molecule has 3 rings (SSSR count). The van der Waals surface area contributed by atoms with Gasteiger partial charge in [-0.25, -0.2) is 8.91 Å². The molecule has 0 bridgehead atoms. The van der Waals surface area contributed by atoms with Gasteiger partial charge in [0.05, 0.1) is 17.3 Å². The summed E-state index contributed by atoms with van der Waals surface area (Å²) < 4.78 is 16.0. The number of hydrogen-bond donors (Lipinski definition) is 2. The fourth-order valence-electron chi connectivity index (χ4n) is 3.47. The molecule has 0 amide bonds. The van der Waals surface area contributed by atoms with Crippen LogP contribution in [-0.4, -0.2) is 37.7 Å². The maximum absolute atomic E-state index is 13.5. The molecule has 6 nitrogen and oxygen atoms in total. The molecule has 0 saturated heterocycles. The number of ketones is 1. The van der Waals surface area contributed by atoms with Crippen molar-refractivity contribution in [1.29, 1.82) is 0 Å². The van der Waals surface area contributed by atoms with Crippen molar-refractivity contribution in [1.82, 2.24) is 9.61 Å². The molecule has 1 atom stereocenters. The molecule has 8 heteroatoms. The van der Waals surface area contributed by atoms with Crippen LogP contribution in [0.1, 0.15) is 43.7 Å². The molecule has 1 aromatic carbocycles. The van der Waals surface area contributed by atoms with Crippen molar-refractivity contribution in [2.45, 2.75) is 38.7 Å². The molecule has 0 spiro atoms. The minimum absolute atomic E-state index is 0.0944. The summed E-state index contributed by atoms with van der Waals surface area (Å²) in [4.78, 5) is 22.4. The van der Waals surface area contributed by atoms with Gasteiger partial charge in [-0.1, -0.05) is 26.0 Å². The molecule has 0 aliphatic heterocycles. The second-order valence-electron chi connectivity index (χ2n) is 7.53. The second-order valence-corrected chi connectivity index (χ2v) is 8.34. The number of Topliss-reactive ketones (excluding diaryl/α,β-unsaturated/α-hetero) is 1. The number of halogens is 2. The lowest BCUT2D eigenvalue weighted by atomic mass is 9.93. The van der Waals surface area contributed by atoms with Gasteiger partial charge in [0.1, 0.15) is 22.6 Å². The summed E-state index contributed by atoms with van der Waals surface area (Å²) >= 11 is 3.50. The van der Waals surface area contributed by atoms with Gasteiger partial charge in [-0.15, -0.1) is 0 Å². The molecule has 0 aliphatic rings. The summed E-state index contributed by atoms with van der Waals surface area (Å²) in [6.45, 7) is 4.07. The molecular formula is C23H22BrFN2O4. The van der Waals surface area contributed by atoms with Crippen molar-refractivity contribution in [3.8, 4) is 11.3 Å². The van der Waals surface area contributed by atoms with E-state index in [1.54, 1.807) is 22.7 Å². The topological polar surface area (TPSA) is 91.9 Å². The molecule has 0 saturated carbocycles. The predicted molar refractivity (Wildman–Crippen MR) is 119 cm³/mol. The van der Waals surface area contributed by atoms with Crippen LogP contribution in [0.15, 0.2) is 47.1 Å². The number of carbonyl (C=O) groups excluding carboxylic acids is 1. The normalized spacial score (nSPS) is 12.7. The van der Waals surface area contributed by atoms with Gasteiger partial charge >= 0.3 is 5.97 Å². The smallest absolute Gasteiger partial charge is 0.310 e. The highest BCUT2D eigenvalue weighted by atomic mass is 79.9. The van der Waals surface area contributed by atoms with Gasteiger partial charge in [0.2, 0.25) is 0 Å². The van der Waals surface area contributed by atoms with Crippen LogP contribution in [0, 0.1) is 5.82 Å². The maximum atomic E-state index is 13.5. The molecule has 2 heterocycles. The first-order valence-electron chi connectivity index (χ1n) is 9.74. The molecule has 162 valence electrons. The monoisotopic (exact) mass is 488 g/mol. The zero-order valence-electron chi connectivity index (χ0n) is 17.0. The summed E-state index contributed by atoms with van der Waals surface area (Å²) in [5.41, 5.74) is 3.88. The van der Waals surface area contributed by atoms with Crippen molar-refractivity contribution >= 4 is 39.3 Å². The largest absolute Gasteiger partial charge is 0.481 e. The fourth-order valence-corrected chi connectivity index (χ4v) is 3.88. The first-order valence-corrected chi connectivity index (χ1v) is 10.5. The molecule has 0 radical (unpaired) electrons. The summed E-state index contributed by atoms with van der Waals surface area (Å²) in [6, 6.07) is 9.80. The lowest BCUT2D eigenvalue weighted by Crippen LogP contribution is -2.14. The van der Waals surface area contributed by atoms with Gasteiger partial charge in [-0.05, 0) is 63.8 Å². The Kier molecular flexibility index (Phi) is 7.02. The zero-order valence-corrected chi connectivity index (χ0v) is 18.6. The van der Waals surface area contributed by atoms with E-state index < -0.39 is 24.3 Å². The molecule has 0 fully saturated rings. The van der Waals surface area contributed by atoms with Gasteiger partial charge in [-0.3, -0.25) is 9.59 Å². The number of benzene rings is 1. The van der Waals surface area contributed by atoms with Gasteiger partial charge in [0, 0.05) is 17.5 Å². The number of carbonyl (C=O) groups is 2. The lowest BCUT2D eigenvalue weighted by Gasteiger charge is -2.17. The number of aliphatic hydroxyl groups is 1. The van der Waals surface area contributed by atoms with Gasteiger partial charge < -0.3 is 10.2 Å². The van der Waals surface area contributed by atoms with Crippen molar-refractivity contribution in [2.24, 2.45) is 0 Å². The van der Waals surface area contributed by atoms with Crippen LogP contribution in [0.5, 0.6) is 0 Å². The summed E-state index contributed by atoms with van der Waals surface area (Å²) in [5.74, 6) is -2.05. The molecular weight excluding hydrogens is 467 g/mol. The minimum atomic E-state index is -1.23. The van der Waals surface area contributed by atoms with E-state index in [2.05, 4.69) is 15.9 Å². The third-order valence-corrected chi connectivity index (χ3v) is 5.40. The standard InChI is InChI=1S/C23H22BrFN2O4/c1-13(2)22-18(8-7-16(28)11-17(29)12-21(30)31)23(14-3-5-15(25)6-4-14)26-27-19(22)9-10-20(27)24/h3-10,13,16,28H,11-12H2,1-2H3,(H,30,31)/b8-7+. The van der Waals surface area contributed by atoms with Crippen molar-refractivity contribution in [3.05, 3.63) is 64.0 Å². The van der Waals surface area contributed by atoms with E-state index in [0.717, 1.165) is 21.2 Å². The van der Waals surface area contributed by atoms with Crippen LogP contribution in [-0.2, 0) is 9.59 Å². The number of aliphatic hydroxyl groups excluding tert-OH is 1. The van der Waals surface area contributed by atoms with Crippen LogP contribution in [0.2, 0.25) is 0 Å². The highest BCUT2D eigenvalue weighted by molar-refractivity contribution is 9.10. The fraction of sp³-hybridized carbons (Fsp3) is 0.261. The Morgan fingerprint density at radius 3 is 2.48 bits per heavy atom. The number of fused-ring (bicyclic) bond motifs is 1. The molecule has 31 heavy (non-hydrogen) atoms. The van der Waals surface area contributed by atoms with E-state index in [1.165, 1.54) is 18.2 Å². The predicted octanol–water partition coefficient (Wildman–Crippen LogP) is 4.83. The van der Waals surface area contributed by atoms with E-state index in [1.807, 2.05) is 26.0 Å². The third-order valence-electron chi connectivity index (χ3n) is 4.80. The first kappa shape index (κ1) is 22.8. The van der Waals surface area contributed by atoms with Crippen LogP contribution >= 0.6 is 15.9 Å². The van der Waals surface area contributed by atoms with Crippen molar-refractivity contribution < 1.29 is 24.2 Å². The van der Waals surface area contributed by atoms with E-state index in [0.29, 0.717) is 11.3 Å². The van der Waals surface area contributed by atoms with Crippen LogP contribution in [0.3, 0.4) is 0 Å². The lowest BCUT2D eigenvalue weighted by molar-refractivity contribution is -0.140. The summed E-state index contributed by atoms with van der Waals surface area (Å²) in [7, 11) is 0. The Morgan fingerprint density at radius 1 is 1.19 bits per heavy atom. The molecule has 3 aromatic rings. The molecule has 1 unspecified atom stereocenters. The quantitative estimate of drug-likeness (QED) is 0.442. The van der Waals surface area contributed by atoms with Crippen LogP contribution in [0.25, 0.3) is 22.9 Å². The molecule has 2 N–H and O–H groups in total. The average Bonchev–Trinajstić information content (AvgIpc) is 3.05. The maximum Gasteiger partial charge on any atom is 0.310 e. The van der Waals surface area contributed by atoms with Gasteiger partial charge in [0.15, 0.2) is 0 Å². The minimum Gasteiger partial charge on any atom is -0.481 e. The Balaban J connectivity index is 2.12. The summed E-state index contributed by atoms with van der Waals surface area (Å²) in [5, 5.41) is 23.7. The van der Waals surface area contributed by atoms with E-state index in [9.17, 15) is 19.1 Å². The number of carboxylic acid groups (broad SMARTS) is 1. The number of aliphatic carboxylic acids is 1. The highest BCUT2D eigenvalue weighted by Crippen LogP contribution is 2.34. The van der Waals surface area contributed by atoms with Gasteiger partial charge in [0.25, 0.3) is 0 Å². The number of rotatable bonds is 8. The van der Waals surface area contributed by atoms with E-state index >= 15 is 0 Å². The Labute approximate surface area is 187 Å². The molecule has 2 aromatic heterocycles. The zero-order chi connectivity index (χ0) is 22.7. The third kappa shape index (κ3) is 5.26. The number of carboxylic acids is 1. The molecule has 0 aliphatic carbocycles. The number of nitrogens with zero attached hydrogens (tertiary/aromatic N) is 2. The highest BCUT2D eigenvalue weighted by Gasteiger charge is 2.19. The number of hydrogen-bond acceptors (Lipinski definition) is 4. The van der Waals surface area contributed by atoms with Crippen LogP contribution < -0.4 is 0 Å². The van der Waals surface area contributed by atoms with Crippen molar-refractivity contribution in [2.75, 3.05) is 0 Å².